The van der Waals surface area contributed by atoms with Crippen molar-refractivity contribution in [3.05, 3.63) is 27.7 Å². The van der Waals surface area contributed by atoms with Gasteiger partial charge in [0, 0.05) is 37.4 Å². The first kappa shape index (κ1) is 17.8. The number of rotatable bonds is 5. The molecule has 2 aromatic heterocycles. The van der Waals surface area contributed by atoms with Crippen molar-refractivity contribution in [2.45, 2.75) is 65.1 Å². The molecule has 7 nitrogen and oxygen atoms in total. The van der Waals surface area contributed by atoms with Crippen LogP contribution < -0.4 is 10.6 Å². The van der Waals surface area contributed by atoms with E-state index in [0.717, 1.165) is 49.1 Å². The quantitative estimate of drug-likeness (QED) is 0.630. The van der Waals surface area contributed by atoms with Gasteiger partial charge in [0.05, 0.1) is 17.2 Å². The predicted octanol–water partition coefficient (Wildman–Crippen LogP) is 2.10. The topological polar surface area (TPSA) is 80.0 Å². The summed E-state index contributed by atoms with van der Waals surface area (Å²) in [5, 5.41) is 18.9. The number of hydrogen-bond donors (Lipinski definition) is 2. The standard InChI is InChI=1S/C17H27N7S/c1-5-15-20-13(10-25-15)8-19-17(18-4)21-12-6-7-14-22-23-16(11(2)3)24(14)9-12/h10-12H,5-9H2,1-4H3,(H2,18,19,21). The molecular weight excluding hydrogens is 334 g/mol. The van der Waals surface area contributed by atoms with Crippen molar-refractivity contribution in [2.75, 3.05) is 7.05 Å². The Labute approximate surface area is 153 Å². The van der Waals surface area contributed by atoms with Crippen molar-refractivity contribution in [3.8, 4) is 0 Å². The highest BCUT2D eigenvalue weighted by Gasteiger charge is 2.24. The van der Waals surface area contributed by atoms with Gasteiger partial charge >= 0.3 is 0 Å². The minimum Gasteiger partial charge on any atom is -0.352 e. The van der Waals surface area contributed by atoms with Crippen LogP contribution in [0.4, 0.5) is 0 Å². The van der Waals surface area contributed by atoms with Gasteiger partial charge < -0.3 is 15.2 Å². The van der Waals surface area contributed by atoms with E-state index in [1.165, 1.54) is 5.01 Å². The molecule has 0 aromatic carbocycles. The summed E-state index contributed by atoms with van der Waals surface area (Å²) in [6.45, 7) is 8.02. The fraction of sp³-hybridized carbons (Fsp3) is 0.647. The van der Waals surface area contributed by atoms with E-state index in [1.54, 1.807) is 18.4 Å². The van der Waals surface area contributed by atoms with Gasteiger partial charge in [0.1, 0.15) is 11.6 Å². The molecule has 0 saturated heterocycles. The lowest BCUT2D eigenvalue weighted by molar-refractivity contribution is 0.407. The molecule has 136 valence electrons. The van der Waals surface area contributed by atoms with Gasteiger partial charge in [-0.2, -0.15) is 0 Å². The molecule has 2 N–H and O–H groups in total. The zero-order valence-corrected chi connectivity index (χ0v) is 16.2. The summed E-state index contributed by atoms with van der Waals surface area (Å²) in [4.78, 5) is 8.94. The van der Waals surface area contributed by atoms with Crippen LogP contribution >= 0.6 is 11.3 Å². The molecule has 8 heteroatoms. The summed E-state index contributed by atoms with van der Waals surface area (Å²) in [6, 6.07) is 0.328. The molecule has 3 rings (SSSR count). The second-order valence-electron chi connectivity index (χ2n) is 6.63. The van der Waals surface area contributed by atoms with E-state index < -0.39 is 0 Å². The molecule has 0 spiro atoms. The Balaban J connectivity index is 1.58. The van der Waals surface area contributed by atoms with Crippen LogP contribution in [0.5, 0.6) is 0 Å². The molecule has 0 aliphatic carbocycles. The lowest BCUT2D eigenvalue weighted by Crippen LogP contribution is -2.46. The Kier molecular flexibility index (Phi) is 5.67. The molecule has 1 aliphatic rings. The van der Waals surface area contributed by atoms with Gasteiger partial charge in [0.2, 0.25) is 0 Å². The van der Waals surface area contributed by atoms with Crippen LogP contribution in [0.1, 0.15) is 55.5 Å². The maximum absolute atomic E-state index is 4.59. The fourth-order valence-corrected chi connectivity index (χ4v) is 3.79. The van der Waals surface area contributed by atoms with Gasteiger partial charge in [-0.25, -0.2) is 4.98 Å². The number of fused-ring (bicyclic) bond motifs is 1. The van der Waals surface area contributed by atoms with E-state index in [-0.39, 0.29) is 0 Å². The molecule has 2 aromatic rings. The van der Waals surface area contributed by atoms with E-state index >= 15 is 0 Å². The SMILES string of the molecule is CCc1nc(CNC(=NC)NC2CCc3nnc(C(C)C)n3C2)cs1. The first-order valence-corrected chi connectivity index (χ1v) is 9.81. The lowest BCUT2D eigenvalue weighted by Gasteiger charge is -2.27. The maximum atomic E-state index is 4.59. The minimum absolute atomic E-state index is 0.328. The zero-order chi connectivity index (χ0) is 17.8. The van der Waals surface area contributed by atoms with Crippen LogP contribution in [-0.2, 0) is 25.9 Å². The Morgan fingerprint density at radius 1 is 1.44 bits per heavy atom. The molecule has 0 amide bonds. The Morgan fingerprint density at radius 2 is 2.28 bits per heavy atom. The monoisotopic (exact) mass is 361 g/mol. The number of aryl methyl sites for hydroxylation is 2. The zero-order valence-electron chi connectivity index (χ0n) is 15.4. The molecule has 1 atom stereocenters. The smallest absolute Gasteiger partial charge is 0.191 e. The molecular formula is C17H27N7S. The first-order chi connectivity index (χ1) is 12.1. The number of nitrogens with one attached hydrogen (secondary N) is 2. The Morgan fingerprint density at radius 3 is 2.96 bits per heavy atom. The third-order valence-corrected chi connectivity index (χ3v) is 5.44. The fourth-order valence-electron chi connectivity index (χ4n) is 3.05. The lowest BCUT2D eigenvalue weighted by atomic mass is 10.1. The molecule has 25 heavy (non-hydrogen) atoms. The highest BCUT2D eigenvalue weighted by molar-refractivity contribution is 7.09. The highest BCUT2D eigenvalue weighted by Crippen LogP contribution is 2.20. The van der Waals surface area contributed by atoms with Crippen LogP contribution in [-0.4, -0.2) is 38.8 Å². The summed E-state index contributed by atoms with van der Waals surface area (Å²) in [5.41, 5.74) is 1.07. The second-order valence-corrected chi connectivity index (χ2v) is 7.57. The van der Waals surface area contributed by atoms with Gasteiger partial charge in [-0.1, -0.05) is 20.8 Å². The normalized spacial score (nSPS) is 17.6. The number of aromatic nitrogens is 4. The summed E-state index contributed by atoms with van der Waals surface area (Å²) < 4.78 is 2.26. The number of thiazole rings is 1. The van der Waals surface area contributed by atoms with Crippen LogP contribution in [0.2, 0.25) is 0 Å². The second kappa shape index (κ2) is 7.95. The molecule has 1 aliphatic heterocycles. The third-order valence-electron chi connectivity index (χ3n) is 4.39. The Hall–Kier alpha value is -1.96. The van der Waals surface area contributed by atoms with Crippen LogP contribution in [0.3, 0.4) is 0 Å². The van der Waals surface area contributed by atoms with Gasteiger partial charge in [0.25, 0.3) is 0 Å². The first-order valence-electron chi connectivity index (χ1n) is 8.93. The van der Waals surface area contributed by atoms with Gasteiger partial charge in [-0.15, -0.1) is 21.5 Å². The van der Waals surface area contributed by atoms with E-state index in [9.17, 15) is 0 Å². The number of guanidine groups is 1. The predicted molar refractivity (Wildman–Crippen MR) is 101 cm³/mol. The molecule has 0 fully saturated rings. The van der Waals surface area contributed by atoms with Crippen molar-refractivity contribution in [1.29, 1.82) is 0 Å². The van der Waals surface area contributed by atoms with Crippen LogP contribution in [0, 0.1) is 0 Å². The Bertz CT molecular complexity index is 731. The van der Waals surface area contributed by atoms with Crippen LogP contribution in [0.15, 0.2) is 10.4 Å². The molecule has 1 unspecified atom stereocenters. The van der Waals surface area contributed by atoms with Gasteiger partial charge in [-0.3, -0.25) is 4.99 Å². The molecule has 0 bridgehead atoms. The summed E-state index contributed by atoms with van der Waals surface area (Å²) in [6.07, 6.45) is 2.97. The average Bonchev–Trinajstić information content (AvgIpc) is 3.24. The summed E-state index contributed by atoms with van der Waals surface area (Å²) in [7, 11) is 1.81. The van der Waals surface area contributed by atoms with Crippen molar-refractivity contribution < 1.29 is 0 Å². The van der Waals surface area contributed by atoms with Crippen molar-refractivity contribution in [3.63, 3.8) is 0 Å². The third kappa shape index (κ3) is 4.18. The van der Waals surface area contributed by atoms with Crippen molar-refractivity contribution in [1.82, 2.24) is 30.4 Å². The van der Waals surface area contributed by atoms with E-state index in [4.69, 9.17) is 0 Å². The van der Waals surface area contributed by atoms with Crippen molar-refractivity contribution in [2.24, 2.45) is 4.99 Å². The summed E-state index contributed by atoms with van der Waals surface area (Å²) in [5.74, 6) is 3.37. The van der Waals surface area contributed by atoms with Gasteiger partial charge in [-0.05, 0) is 12.8 Å². The number of hydrogen-bond acceptors (Lipinski definition) is 5. The highest BCUT2D eigenvalue weighted by atomic mass is 32.1. The van der Waals surface area contributed by atoms with Crippen molar-refractivity contribution >= 4 is 17.3 Å². The van der Waals surface area contributed by atoms with E-state index in [1.807, 2.05) is 0 Å². The number of aliphatic imine (C=N–C) groups is 1. The molecule has 0 saturated carbocycles. The van der Waals surface area contributed by atoms with Crippen LogP contribution in [0.25, 0.3) is 0 Å². The average molecular weight is 362 g/mol. The molecule has 0 radical (unpaired) electrons. The van der Waals surface area contributed by atoms with Gasteiger partial charge in [0.15, 0.2) is 5.96 Å². The minimum atomic E-state index is 0.328. The number of nitrogens with zero attached hydrogens (tertiary/aromatic N) is 5. The maximum Gasteiger partial charge on any atom is 0.191 e. The van der Waals surface area contributed by atoms with E-state index in [2.05, 4.69) is 61.5 Å². The summed E-state index contributed by atoms with van der Waals surface area (Å²) >= 11 is 1.71. The largest absolute Gasteiger partial charge is 0.352 e. The van der Waals surface area contributed by atoms with E-state index in [0.29, 0.717) is 18.5 Å². The molecule has 3 heterocycles.